The summed E-state index contributed by atoms with van der Waals surface area (Å²) in [6.45, 7) is 2.50. The fraction of sp³-hybridized carbons (Fsp3) is 0.344. The van der Waals surface area contributed by atoms with Crippen LogP contribution in [0.2, 0.25) is 0 Å². The molecule has 5 N–H and O–H groups in total. The van der Waals surface area contributed by atoms with Crippen LogP contribution in [0.25, 0.3) is 0 Å². The molecule has 1 fully saturated rings. The number of benzene rings is 2. The highest BCUT2D eigenvalue weighted by atomic mass is 19.2. The van der Waals surface area contributed by atoms with E-state index in [2.05, 4.69) is 20.9 Å². The molecule has 16 heteroatoms. The van der Waals surface area contributed by atoms with Gasteiger partial charge in [-0.2, -0.15) is 0 Å². The van der Waals surface area contributed by atoms with Gasteiger partial charge in [0, 0.05) is 31.6 Å². The predicted octanol–water partition coefficient (Wildman–Crippen LogP) is 1.89. The molecule has 0 radical (unpaired) electrons. The third-order valence-corrected chi connectivity index (χ3v) is 8.20. The molecule has 0 saturated carbocycles. The number of carbonyl (C=O) groups excluding carboxylic acids is 4. The van der Waals surface area contributed by atoms with Crippen molar-refractivity contribution in [2.24, 2.45) is 5.92 Å². The molecule has 0 spiro atoms. The smallest absolute Gasteiger partial charge is 0.274 e. The van der Waals surface area contributed by atoms with Crippen LogP contribution in [0.15, 0.2) is 48.7 Å². The van der Waals surface area contributed by atoms with E-state index in [1.807, 2.05) is 0 Å². The van der Waals surface area contributed by atoms with Gasteiger partial charge in [0.15, 0.2) is 29.0 Å². The van der Waals surface area contributed by atoms with Gasteiger partial charge < -0.3 is 31.1 Å². The summed E-state index contributed by atoms with van der Waals surface area (Å²) >= 11 is 0. The normalized spacial score (nSPS) is 23.9. The Morgan fingerprint density at radius 3 is 2.08 bits per heavy atom. The Labute approximate surface area is 271 Å². The number of hydrogen-bond donors (Lipinski definition) is 5. The second-order valence-electron chi connectivity index (χ2n) is 11.4. The third-order valence-electron chi connectivity index (χ3n) is 8.20. The van der Waals surface area contributed by atoms with Crippen molar-refractivity contribution in [1.29, 1.82) is 0 Å². The Morgan fingerprint density at radius 1 is 0.875 bits per heavy atom. The molecule has 6 atom stereocenters. The lowest BCUT2D eigenvalue weighted by Gasteiger charge is -2.37. The van der Waals surface area contributed by atoms with E-state index in [1.165, 1.54) is 33.2 Å². The molecular formula is C32H32F5N5O6. The van der Waals surface area contributed by atoms with Crippen molar-refractivity contribution in [1.82, 2.24) is 25.8 Å². The molecule has 0 aliphatic carbocycles. The fourth-order valence-electron chi connectivity index (χ4n) is 5.39. The van der Waals surface area contributed by atoms with Crippen molar-refractivity contribution in [3.63, 3.8) is 0 Å². The zero-order chi connectivity index (χ0) is 35.4. The summed E-state index contributed by atoms with van der Waals surface area (Å²) in [7, 11) is 1.27. The summed E-state index contributed by atoms with van der Waals surface area (Å²) in [6.07, 6.45) is -2.07. The summed E-state index contributed by atoms with van der Waals surface area (Å²) < 4.78 is 71.6. The molecule has 48 heavy (non-hydrogen) atoms. The molecule has 1 saturated heterocycles. The van der Waals surface area contributed by atoms with E-state index in [0.29, 0.717) is 5.56 Å². The molecule has 256 valence electrons. The predicted molar refractivity (Wildman–Crippen MR) is 159 cm³/mol. The molecule has 4 amide bonds. The van der Waals surface area contributed by atoms with Gasteiger partial charge in [0.05, 0.1) is 24.1 Å². The Balaban J connectivity index is 1.80. The number of rotatable bonds is 6. The molecule has 1 unspecified atom stereocenters. The summed E-state index contributed by atoms with van der Waals surface area (Å²) in [4.78, 5) is 59.0. The zero-order valence-electron chi connectivity index (χ0n) is 25.8. The van der Waals surface area contributed by atoms with Gasteiger partial charge in [-0.3, -0.25) is 19.2 Å². The van der Waals surface area contributed by atoms with Crippen molar-refractivity contribution in [2.45, 2.75) is 57.0 Å². The van der Waals surface area contributed by atoms with Crippen LogP contribution >= 0.6 is 0 Å². The van der Waals surface area contributed by atoms with Crippen LogP contribution in [-0.4, -0.2) is 81.0 Å². The molecule has 11 nitrogen and oxygen atoms in total. The highest BCUT2D eigenvalue weighted by Gasteiger charge is 2.41. The van der Waals surface area contributed by atoms with Crippen LogP contribution < -0.4 is 16.0 Å². The number of amides is 4. The topological polar surface area (TPSA) is 161 Å². The van der Waals surface area contributed by atoms with Crippen molar-refractivity contribution < 1.29 is 51.3 Å². The number of aliphatic hydroxyl groups excluding tert-OH is 1. The lowest BCUT2D eigenvalue weighted by Crippen LogP contribution is -2.64. The van der Waals surface area contributed by atoms with Gasteiger partial charge in [-0.15, -0.1) is 0 Å². The lowest BCUT2D eigenvalue weighted by atomic mass is 9.90. The Kier molecular flexibility index (Phi) is 11.0. The lowest BCUT2D eigenvalue weighted by molar-refractivity contribution is -0.146. The average molecular weight is 678 g/mol. The molecule has 0 bridgehead atoms. The van der Waals surface area contributed by atoms with Gasteiger partial charge in [0.25, 0.3) is 5.91 Å². The minimum Gasteiger partial charge on any atom is -0.505 e. The van der Waals surface area contributed by atoms with Gasteiger partial charge in [0.1, 0.15) is 17.8 Å². The number of halogens is 5. The molecule has 2 heterocycles. The van der Waals surface area contributed by atoms with Crippen molar-refractivity contribution in [2.75, 3.05) is 7.05 Å². The number of aromatic hydroxyl groups is 1. The number of nitrogens with zero attached hydrogens (tertiary/aromatic N) is 2. The van der Waals surface area contributed by atoms with E-state index in [9.17, 15) is 51.3 Å². The van der Waals surface area contributed by atoms with E-state index >= 15 is 0 Å². The summed E-state index contributed by atoms with van der Waals surface area (Å²) in [5.41, 5.74) is -1.25. The molecular weight excluding hydrogens is 645 g/mol. The molecule has 1 aliphatic heterocycles. The first-order valence-electron chi connectivity index (χ1n) is 14.7. The number of hydrogen-bond acceptors (Lipinski definition) is 7. The number of aliphatic hydroxyl groups is 1. The minimum absolute atomic E-state index is 0.0382. The minimum atomic E-state index is -2.42. The maximum absolute atomic E-state index is 14.8. The largest absolute Gasteiger partial charge is 0.505 e. The van der Waals surface area contributed by atoms with E-state index in [-0.39, 0.29) is 6.42 Å². The van der Waals surface area contributed by atoms with Crippen LogP contribution in [0, 0.1) is 35.0 Å². The Hall–Kier alpha value is -5.12. The third kappa shape index (κ3) is 7.38. The van der Waals surface area contributed by atoms with Gasteiger partial charge in [0.2, 0.25) is 23.5 Å². The number of likely N-dealkylation sites (N-methyl/N-ethyl adjacent to an activating group) is 1. The molecule has 4 rings (SSSR count). The Morgan fingerprint density at radius 2 is 1.48 bits per heavy atom. The van der Waals surface area contributed by atoms with Crippen LogP contribution in [0.1, 0.15) is 35.5 Å². The molecule has 1 aliphatic rings. The summed E-state index contributed by atoms with van der Waals surface area (Å²) in [6, 6.07) is 4.84. The van der Waals surface area contributed by atoms with Crippen molar-refractivity contribution in [3.05, 3.63) is 94.6 Å². The highest BCUT2D eigenvalue weighted by Crippen LogP contribution is 2.26. The van der Waals surface area contributed by atoms with E-state index in [1.54, 1.807) is 30.3 Å². The van der Waals surface area contributed by atoms with E-state index < -0.39 is 112 Å². The number of nitrogens with one attached hydrogen (secondary N) is 3. The van der Waals surface area contributed by atoms with Gasteiger partial charge in [-0.25, -0.2) is 26.9 Å². The molecule has 1 aromatic heterocycles. The maximum atomic E-state index is 14.8. The van der Waals surface area contributed by atoms with Crippen molar-refractivity contribution in [3.8, 4) is 5.75 Å². The SMILES string of the molecule is C[C@H]1NC(=O)C(Cc2ccccc2)N(C)C(=O)[C@H](C)[C@H](O)[C@H](Cc2c(F)c(F)c(F)c(F)c2F)NC(=O)[C@H]1NC(=O)c1ncccc1O. The quantitative estimate of drug-likeness (QED) is 0.151. The summed E-state index contributed by atoms with van der Waals surface area (Å²) in [5, 5.41) is 28.6. The first-order valence-corrected chi connectivity index (χ1v) is 14.7. The second-order valence-corrected chi connectivity index (χ2v) is 11.4. The van der Waals surface area contributed by atoms with Crippen molar-refractivity contribution >= 4 is 23.6 Å². The first kappa shape index (κ1) is 35.7. The average Bonchev–Trinajstić information content (AvgIpc) is 3.07. The molecule has 2 aromatic carbocycles. The second kappa shape index (κ2) is 14.8. The summed E-state index contributed by atoms with van der Waals surface area (Å²) in [5.74, 6) is -17.3. The van der Waals surface area contributed by atoms with Crippen LogP contribution in [0.5, 0.6) is 5.75 Å². The van der Waals surface area contributed by atoms with Crippen LogP contribution in [-0.2, 0) is 27.2 Å². The van der Waals surface area contributed by atoms with Crippen LogP contribution in [0.4, 0.5) is 22.0 Å². The maximum Gasteiger partial charge on any atom is 0.274 e. The highest BCUT2D eigenvalue weighted by molar-refractivity contribution is 5.98. The zero-order valence-corrected chi connectivity index (χ0v) is 25.8. The van der Waals surface area contributed by atoms with E-state index in [4.69, 9.17) is 0 Å². The molecule has 3 aromatic rings. The number of aromatic nitrogens is 1. The number of carbonyl (C=O) groups is 4. The van der Waals surface area contributed by atoms with Gasteiger partial charge in [-0.05, 0) is 24.6 Å². The standard InChI is InChI=1S/C32H32F5N5O6/c1-14-28(44)18(13-17-21(33)23(35)25(37)24(36)22(17)34)40-30(46)26(41-31(47)27-20(43)10-7-11-38-27)15(2)39-29(45)19(42(3)32(14)48)12-16-8-5-4-6-9-16/h4-11,14-15,18-19,26,28,43-44H,12-13H2,1-3H3,(H,39,45)(H,40,46)(H,41,47)/t14-,15-,18+,19?,26+,28+/m1/s1. The van der Waals surface area contributed by atoms with Crippen LogP contribution in [0.3, 0.4) is 0 Å². The monoisotopic (exact) mass is 677 g/mol. The Bertz CT molecular complexity index is 1690. The van der Waals surface area contributed by atoms with Gasteiger partial charge in [-0.1, -0.05) is 37.3 Å². The first-order chi connectivity index (χ1) is 22.6. The fourth-order valence-corrected chi connectivity index (χ4v) is 5.39. The van der Waals surface area contributed by atoms with Gasteiger partial charge >= 0.3 is 0 Å². The van der Waals surface area contributed by atoms with E-state index in [0.717, 1.165) is 11.0 Å². The number of pyridine rings is 1.